The van der Waals surface area contributed by atoms with Gasteiger partial charge < -0.3 is 10.5 Å². The fourth-order valence-corrected chi connectivity index (χ4v) is 1.67. The van der Waals surface area contributed by atoms with Gasteiger partial charge in [-0.15, -0.1) is 0 Å². The Labute approximate surface area is 98.2 Å². The zero-order valence-electron chi connectivity index (χ0n) is 10.4. The summed E-state index contributed by atoms with van der Waals surface area (Å²) in [5.74, 6) is 0.435. The minimum absolute atomic E-state index is 0.435. The Morgan fingerprint density at radius 2 is 2.12 bits per heavy atom. The molecule has 1 fully saturated rings. The molecule has 0 bridgehead atoms. The third-order valence-electron chi connectivity index (χ3n) is 2.67. The molecule has 0 aromatic carbocycles. The number of allylic oxidation sites excluding steroid dienone is 1. The second-order valence-electron chi connectivity index (χ2n) is 4.27. The molecular weight excluding hydrogens is 202 g/mol. The zero-order chi connectivity index (χ0) is 11.8. The van der Waals surface area contributed by atoms with E-state index in [1.165, 1.54) is 0 Å². The van der Waals surface area contributed by atoms with Gasteiger partial charge in [0.15, 0.2) is 0 Å². The van der Waals surface area contributed by atoms with Gasteiger partial charge in [-0.05, 0) is 18.2 Å². The van der Waals surface area contributed by atoms with Crippen molar-refractivity contribution in [1.29, 1.82) is 0 Å². The molecule has 4 heteroatoms. The van der Waals surface area contributed by atoms with Crippen molar-refractivity contribution in [3.63, 3.8) is 0 Å². The summed E-state index contributed by atoms with van der Waals surface area (Å²) in [7, 11) is 0. The fraction of sp³-hybridized carbons (Fsp3) is 0.750. The normalized spacial score (nSPS) is 19.8. The molecule has 2 N–H and O–H groups in total. The summed E-state index contributed by atoms with van der Waals surface area (Å²) in [4.78, 5) is 6.96. The minimum Gasteiger partial charge on any atom is -0.405 e. The SMILES string of the molecule is CC(C)C(/C=C\N)=NCCN1CCOCC1. The van der Waals surface area contributed by atoms with Crippen molar-refractivity contribution in [3.05, 3.63) is 12.3 Å². The van der Waals surface area contributed by atoms with Crippen LogP contribution in [0.1, 0.15) is 13.8 Å². The molecule has 0 radical (unpaired) electrons. The number of aliphatic imine (C=N–C) groups is 1. The largest absolute Gasteiger partial charge is 0.405 e. The Kier molecular flexibility index (Phi) is 6.11. The molecule has 1 rings (SSSR count). The maximum atomic E-state index is 5.39. The molecule has 4 nitrogen and oxygen atoms in total. The van der Waals surface area contributed by atoms with Crippen LogP contribution in [-0.4, -0.2) is 50.0 Å². The highest BCUT2D eigenvalue weighted by Gasteiger charge is 2.09. The van der Waals surface area contributed by atoms with Crippen LogP contribution in [-0.2, 0) is 4.74 Å². The monoisotopic (exact) mass is 225 g/mol. The average Bonchev–Trinajstić information content (AvgIpc) is 2.29. The van der Waals surface area contributed by atoms with Crippen LogP contribution in [0.25, 0.3) is 0 Å². The fourth-order valence-electron chi connectivity index (χ4n) is 1.67. The summed E-state index contributed by atoms with van der Waals surface area (Å²) >= 11 is 0. The molecule has 1 aliphatic heterocycles. The van der Waals surface area contributed by atoms with E-state index >= 15 is 0 Å². The van der Waals surface area contributed by atoms with Gasteiger partial charge in [-0.25, -0.2) is 0 Å². The quantitative estimate of drug-likeness (QED) is 0.707. The van der Waals surface area contributed by atoms with E-state index in [9.17, 15) is 0 Å². The average molecular weight is 225 g/mol. The minimum atomic E-state index is 0.435. The van der Waals surface area contributed by atoms with Crippen molar-refractivity contribution in [3.8, 4) is 0 Å². The van der Waals surface area contributed by atoms with Gasteiger partial charge in [0.05, 0.1) is 19.8 Å². The van der Waals surface area contributed by atoms with E-state index in [0.717, 1.165) is 45.1 Å². The predicted molar refractivity (Wildman–Crippen MR) is 67.7 cm³/mol. The molecule has 0 unspecified atom stereocenters. The summed E-state index contributed by atoms with van der Waals surface area (Å²) < 4.78 is 5.30. The number of morpholine rings is 1. The van der Waals surface area contributed by atoms with E-state index in [1.807, 2.05) is 6.08 Å². The third-order valence-corrected chi connectivity index (χ3v) is 2.67. The lowest BCUT2D eigenvalue weighted by Crippen LogP contribution is -2.37. The lowest BCUT2D eigenvalue weighted by Gasteiger charge is -2.25. The molecule has 16 heavy (non-hydrogen) atoms. The van der Waals surface area contributed by atoms with E-state index in [2.05, 4.69) is 23.7 Å². The zero-order valence-corrected chi connectivity index (χ0v) is 10.4. The molecular formula is C12H23N3O. The van der Waals surface area contributed by atoms with E-state index in [0.29, 0.717) is 5.92 Å². The molecule has 92 valence electrons. The van der Waals surface area contributed by atoms with Crippen LogP contribution >= 0.6 is 0 Å². The first kappa shape index (κ1) is 13.2. The van der Waals surface area contributed by atoms with Crippen LogP contribution in [0, 0.1) is 5.92 Å². The van der Waals surface area contributed by atoms with Crippen LogP contribution in [0.5, 0.6) is 0 Å². The summed E-state index contributed by atoms with van der Waals surface area (Å²) in [6.07, 6.45) is 3.46. The van der Waals surface area contributed by atoms with Crippen molar-refractivity contribution in [2.45, 2.75) is 13.8 Å². The van der Waals surface area contributed by atoms with Crippen molar-refractivity contribution < 1.29 is 4.74 Å². The van der Waals surface area contributed by atoms with Gasteiger partial charge >= 0.3 is 0 Å². The number of nitrogens with two attached hydrogens (primary N) is 1. The van der Waals surface area contributed by atoms with E-state index in [4.69, 9.17) is 10.5 Å². The first-order valence-corrected chi connectivity index (χ1v) is 5.96. The third kappa shape index (κ3) is 4.77. The second-order valence-corrected chi connectivity index (χ2v) is 4.27. The number of rotatable bonds is 5. The second kappa shape index (κ2) is 7.41. The number of ether oxygens (including phenoxy) is 1. The van der Waals surface area contributed by atoms with Crippen molar-refractivity contribution in [2.24, 2.45) is 16.6 Å². The van der Waals surface area contributed by atoms with Crippen LogP contribution in [0.4, 0.5) is 0 Å². The predicted octanol–water partition coefficient (Wildman–Crippen LogP) is 0.888. The summed E-state index contributed by atoms with van der Waals surface area (Å²) in [6.45, 7) is 9.88. The van der Waals surface area contributed by atoms with Crippen molar-refractivity contribution in [1.82, 2.24) is 4.90 Å². The van der Waals surface area contributed by atoms with Crippen LogP contribution in [0.2, 0.25) is 0 Å². The number of nitrogens with zero attached hydrogens (tertiary/aromatic N) is 2. The Hall–Kier alpha value is -0.870. The summed E-state index contributed by atoms with van der Waals surface area (Å²) in [5.41, 5.74) is 6.47. The number of hydrogen-bond acceptors (Lipinski definition) is 4. The molecule has 0 aromatic heterocycles. The smallest absolute Gasteiger partial charge is 0.0594 e. The Morgan fingerprint density at radius 3 is 2.69 bits per heavy atom. The lowest BCUT2D eigenvalue weighted by atomic mass is 10.1. The van der Waals surface area contributed by atoms with E-state index in [-0.39, 0.29) is 0 Å². The maximum Gasteiger partial charge on any atom is 0.0594 e. The summed E-state index contributed by atoms with van der Waals surface area (Å²) in [6, 6.07) is 0. The van der Waals surface area contributed by atoms with Gasteiger partial charge in [-0.3, -0.25) is 9.89 Å². The molecule has 0 atom stereocenters. The van der Waals surface area contributed by atoms with Crippen LogP contribution in [0.15, 0.2) is 17.3 Å². The van der Waals surface area contributed by atoms with E-state index < -0.39 is 0 Å². The molecule has 0 saturated carbocycles. The summed E-state index contributed by atoms with van der Waals surface area (Å²) in [5, 5.41) is 0. The molecule has 0 aliphatic carbocycles. The Morgan fingerprint density at radius 1 is 1.44 bits per heavy atom. The van der Waals surface area contributed by atoms with Crippen molar-refractivity contribution >= 4 is 5.71 Å². The van der Waals surface area contributed by atoms with Crippen molar-refractivity contribution in [2.75, 3.05) is 39.4 Å². The highest BCUT2D eigenvalue weighted by molar-refractivity contribution is 5.96. The Bertz CT molecular complexity index is 243. The molecule has 1 saturated heterocycles. The van der Waals surface area contributed by atoms with Gasteiger partial charge in [0.2, 0.25) is 0 Å². The molecule has 1 heterocycles. The van der Waals surface area contributed by atoms with Gasteiger partial charge in [0, 0.05) is 25.3 Å². The molecule has 0 amide bonds. The van der Waals surface area contributed by atoms with Crippen LogP contribution < -0.4 is 5.73 Å². The van der Waals surface area contributed by atoms with Gasteiger partial charge in [0.1, 0.15) is 0 Å². The number of hydrogen-bond donors (Lipinski definition) is 1. The van der Waals surface area contributed by atoms with E-state index in [1.54, 1.807) is 6.20 Å². The standard InChI is InChI=1S/C12H23N3O/c1-11(2)12(3-4-13)14-5-6-15-7-9-16-10-8-15/h3-4,11H,5-10,13H2,1-2H3/b4-3-,14-12?. The first-order chi connectivity index (χ1) is 7.74. The topological polar surface area (TPSA) is 50.8 Å². The first-order valence-electron chi connectivity index (χ1n) is 5.96. The molecule has 1 aliphatic rings. The molecule has 0 spiro atoms. The highest BCUT2D eigenvalue weighted by atomic mass is 16.5. The maximum absolute atomic E-state index is 5.39. The highest BCUT2D eigenvalue weighted by Crippen LogP contribution is 2.00. The van der Waals surface area contributed by atoms with Gasteiger partial charge in [0.25, 0.3) is 0 Å². The molecule has 0 aromatic rings. The van der Waals surface area contributed by atoms with Gasteiger partial charge in [-0.1, -0.05) is 13.8 Å². The Balaban J connectivity index is 2.32. The lowest BCUT2D eigenvalue weighted by molar-refractivity contribution is 0.0394. The van der Waals surface area contributed by atoms with Gasteiger partial charge in [-0.2, -0.15) is 0 Å². The van der Waals surface area contributed by atoms with Crippen LogP contribution in [0.3, 0.4) is 0 Å².